The molecule has 172 valence electrons. The van der Waals surface area contributed by atoms with Crippen LogP contribution in [0.5, 0.6) is 0 Å². The summed E-state index contributed by atoms with van der Waals surface area (Å²) >= 11 is 0. The van der Waals surface area contributed by atoms with Gasteiger partial charge in [0.2, 0.25) is 5.91 Å². The fourth-order valence-electron chi connectivity index (χ4n) is 5.39. The van der Waals surface area contributed by atoms with Gasteiger partial charge in [-0.25, -0.2) is 4.39 Å². The number of hydrogen-bond acceptors (Lipinski definition) is 2. The second-order valence-electron chi connectivity index (χ2n) is 9.48. The zero-order valence-corrected chi connectivity index (χ0v) is 18.2. The monoisotopic (exact) mass is 456 g/mol. The first kappa shape index (κ1) is 21.9. The summed E-state index contributed by atoms with van der Waals surface area (Å²) in [5.41, 5.74) is 2.10. The van der Waals surface area contributed by atoms with Crippen LogP contribution in [0.15, 0.2) is 48.7 Å². The normalized spacial score (nSPS) is 24.8. The van der Waals surface area contributed by atoms with Crippen LogP contribution in [0, 0.1) is 24.1 Å². The van der Waals surface area contributed by atoms with Crippen molar-refractivity contribution in [2.45, 2.75) is 51.1 Å². The Bertz CT molecular complexity index is 1210. The number of nitrogens with zero attached hydrogens (tertiary/aromatic N) is 1. The van der Waals surface area contributed by atoms with Gasteiger partial charge in [-0.1, -0.05) is 0 Å². The fraction of sp³-hybridized carbons (Fsp3) is 0.385. The van der Waals surface area contributed by atoms with Gasteiger partial charge in [-0.05, 0) is 104 Å². The average molecular weight is 456 g/mol. The number of aromatic nitrogens is 1. The van der Waals surface area contributed by atoms with Gasteiger partial charge in [0.25, 0.3) is 0 Å². The van der Waals surface area contributed by atoms with Gasteiger partial charge in [-0.3, -0.25) is 9.78 Å². The highest BCUT2D eigenvalue weighted by Crippen LogP contribution is 2.63. The number of anilines is 1. The van der Waals surface area contributed by atoms with Crippen LogP contribution in [0.25, 0.3) is 10.9 Å². The molecule has 3 aromatic rings. The molecule has 2 saturated carbocycles. The molecule has 2 aromatic carbocycles. The van der Waals surface area contributed by atoms with Gasteiger partial charge >= 0.3 is 6.18 Å². The van der Waals surface area contributed by atoms with Crippen LogP contribution in [0.3, 0.4) is 0 Å². The number of carbonyl (C=O) groups is 1. The summed E-state index contributed by atoms with van der Waals surface area (Å²) in [6, 6.07) is 9.88. The number of hydrogen-bond donors (Lipinski definition) is 1. The van der Waals surface area contributed by atoms with E-state index < -0.39 is 11.7 Å². The van der Waals surface area contributed by atoms with E-state index in [1.807, 2.05) is 6.07 Å². The number of alkyl halides is 3. The minimum Gasteiger partial charge on any atom is -0.326 e. The van der Waals surface area contributed by atoms with Gasteiger partial charge in [0.15, 0.2) is 0 Å². The summed E-state index contributed by atoms with van der Waals surface area (Å²) < 4.78 is 52.4. The molecule has 5 rings (SSSR count). The van der Waals surface area contributed by atoms with Crippen molar-refractivity contribution in [2.75, 3.05) is 5.32 Å². The molecular weight excluding hydrogens is 432 g/mol. The zero-order valence-electron chi connectivity index (χ0n) is 18.2. The van der Waals surface area contributed by atoms with E-state index in [4.69, 9.17) is 0 Å². The molecule has 1 unspecified atom stereocenters. The van der Waals surface area contributed by atoms with Gasteiger partial charge in [0.1, 0.15) is 5.82 Å². The molecule has 1 heterocycles. The molecule has 0 radical (unpaired) electrons. The van der Waals surface area contributed by atoms with E-state index in [0.717, 1.165) is 60.7 Å². The highest BCUT2D eigenvalue weighted by Gasteiger charge is 2.58. The Kier molecular flexibility index (Phi) is 5.18. The molecule has 7 heteroatoms. The predicted octanol–water partition coefficient (Wildman–Crippen LogP) is 7.00. The summed E-state index contributed by atoms with van der Waals surface area (Å²) in [5, 5.41) is 3.63. The molecule has 1 aromatic heterocycles. The number of rotatable bonds is 3. The molecule has 2 aliphatic carbocycles. The standard InChI is InChI=1S/C26H24F4N2O/c1-15-12-23-20(13-22(15)27)19(8-11-31-23)16-6-9-25(10-7-16)14-21(25)24(33)32-18-4-2-17(3-5-18)26(28,29)30/h2-5,8,11-13,16,21H,6-7,9-10,14H2,1H3,(H,32,33). The summed E-state index contributed by atoms with van der Waals surface area (Å²) in [4.78, 5) is 17.1. The van der Waals surface area contributed by atoms with E-state index >= 15 is 0 Å². The van der Waals surface area contributed by atoms with Crippen LogP contribution in [-0.4, -0.2) is 10.9 Å². The Morgan fingerprint density at radius 2 is 1.79 bits per heavy atom. The second-order valence-corrected chi connectivity index (χ2v) is 9.48. The first-order valence-electron chi connectivity index (χ1n) is 11.2. The Labute approximate surface area is 189 Å². The molecular formula is C26H24F4N2O. The third-order valence-electron chi connectivity index (χ3n) is 7.46. The molecule has 2 fully saturated rings. The van der Waals surface area contributed by atoms with Crippen molar-refractivity contribution in [3.05, 3.63) is 71.2 Å². The summed E-state index contributed by atoms with van der Waals surface area (Å²) in [6.45, 7) is 1.73. The Morgan fingerprint density at radius 1 is 1.09 bits per heavy atom. The predicted molar refractivity (Wildman–Crippen MR) is 118 cm³/mol. The quantitative estimate of drug-likeness (QED) is 0.431. The highest BCUT2D eigenvalue weighted by atomic mass is 19.4. The molecule has 2 aliphatic rings. The van der Waals surface area contributed by atoms with E-state index in [0.29, 0.717) is 17.2 Å². The number of nitrogens with one attached hydrogen (secondary N) is 1. The van der Waals surface area contributed by atoms with Crippen molar-refractivity contribution < 1.29 is 22.4 Å². The molecule has 0 saturated heterocycles. The van der Waals surface area contributed by atoms with Gasteiger partial charge in [-0.15, -0.1) is 0 Å². The van der Waals surface area contributed by atoms with Crippen LogP contribution in [0.2, 0.25) is 0 Å². The Morgan fingerprint density at radius 3 is 2.45 bits per heavy atom. The number of amides is 1. The van der Waals surface area contributed by atoms with Gasteiger partial charge in [0.05, 0.1) is 11.1 Å². The molecule has 0 aliphatic heterocycles. The van der Waals surface area contributed by atoms with Crippen molar-refractivity contribution in [1.29, 1.82) is 0 Å². The third kappa shape index (κ3) is 4.09. The first-order chi connectivity index (χ1) is 15.7. The lowest BCUT2D eigenvalue weighted by atomic mass is 9.75. The van der Waals surface area contributed by atoms with Crippen molar-refractivity contribution in [3.63, 3.8) is 0 Å². The second kappa shape index (κ2) is 7.82. The first-order valence-corrected chi connectivity index (χ1v) is 11.2. The number of carbonyl (C=O) groups excluding carboxylic acids is 1. The summed E-state index contributed by atoms with van der Waals surface area (Å²) in [6.07, 6.45) is 1.82. The van der Waals surface area contributed by atoms with E-state index in [9.17, 15) is 22.4 Å². The highest BCUT2D eigenvalue weighted by molar-refractivity contribution is 5.95. The van der Waals surface area contributed by atoms with Gasteiger partial charge in [-0.2, -0.15) is 13.2 Å². The fourth-order valence-corrected chi connectivity index (χ4v) is 5.39. The number of fused-ring (bicyclic) bond motifs is 1. The van der Waals surface area contributed by atoms with Crippen molar-refractivity contribution >= 4 is 22.5 Å². The minimum atomic E-state index is -4.40. The van der Waals surface area contributed by atoms with E-state index in [1.54, 1.807) is 25.3 Å². The number of benzene rings is 2. The van der Waals surface area contributed by atoms with Crippen molar-refractivity contribution in [2.24, 2.45) is 11.3 Å². The summed E-state index contributed by atoms with van der Waals surface area (Å²) in [5.74, 6) is -0.177. The SMILES string of the molecule is Cc1cc2nccc(C3CCC4(CC3)CC4C(=O)Nc3ccc(C(F)(F)F)cc3)c2cc1F. The van der Waals surface area contributed by atoms with E-state index in [-0.39, 0.29) is 23.1 Å². The molecule has 0 bridgehead atoms. The largest absolute Gasteiger partial charge is 0.416 e. The van der Waals surface area contributed by atoms with Crippen LogP contribution in [0.4, 0.5) is 23.2 Å². The molecule has 1 atom stereocenters. The number of aryl methyl sites for hydroxylation is 1. The maximum atomic E-state index is 14.2. The average Bonchev–Trinajstić information content (AvgIpc) is 3.48. The van der Waals surface area contributed by atoms with E-state index in [2.05, 4.69) is 10.3 Å². The summed E-state index contributed by atoms with van der Waals surface area (Å²) in [7, 11) is 0. The maximum Gasteiger partial charge on any atom is 0.416 e. The molecule has 1 N–H and O–H groups in total. The van der Waals surface area contributed by atoms with Crippen LogP contribution < -0.4 is 5.32 Å². The maximum absolute atomic E-state index is 14.2. The molecule has 1 spiro atoms. The third-order valence-corrected chi connectivity index (χ3v) is 7.46. The van der Waals surface area contributed by atoms with E-state index in [1.165, 1.54) is 12.1 Å². The van der Waals surface area contributed by atoms with Crippen molar-refractivity contribution in [3.8, 4) is 0 Å². The zero-order chi connectivity index (χ0) is 23.4. The van der Waals surface area contributed by atoms with Gasteiger partial charge < -0.3 is 5.32 Å². The van der Waals surface area contributed by atoms with Crippen molar-refractivity contribution in [1.82, 2.24) is 4.98 Å². The van der Waals surface area contributed by atoms with Crippen LogP contribution >= 0.6 is 0 Å². The number of halogens is 4. The molecule has 33 heavy (non-hydrogen) atoms. The Hall–Kier alpha value is -2.96. The lowest BCUT2D eigenvalue weighted by Crippen LogP contribution is -2.22. The van der Waals surface area contributed by atoms with Crippen LogP contribution in [-0.2, 0) is 11.0 Å². The topological polar surface area (TPSA) is 42.0 Å². The lowest BCUT2D eigenvalue weighted by Gasteiger charge is -2.30. The van der Waals surface area contributed by atoms with Gasteiger partial charge in [0, 0.05) is 23.2 Å². The lowest BCUT2D eigenvalue weighted by molar-refractivity contribution is -0.137. The smallest absolute Gasteiger partial charge is 0.326 e. The van der Waals surface area contributed by atoms with Crippen LogP contribution in [0.1, 0.15) is 54.7 Å². The molecule has 3 nitrogen and oxygen atoms in total. The number of pyridine rings is 1. The Balaban J connectivity index is 1.24. The minimum absolute atomic E-state index is 0.0306. The molecule has 1 amide bonds.